The summed E-state index contributed by atoms with van der Waals surface area (Å²) in [7, 11) is 0. The molecule has 1 aromatic rings. The number of para-hydroxylation sites is 1. The Morgan fingerprint density at radius 3 is 2.82 bits per heavy atom. The van der Waals surface area contributed by atoms with E-state index < -0.39 is 6.10 Å². The number of rotatable bonds is 8. The first-order chi connectivity index (χ1) is 8.24. The van der Waals surface area contributed by atoms with Gasteiger partial charge in [0.25, 0.3) is 0 Å². The van der Waals surface area contributed by atoms with Gasteiger partial charge in [0.1, 0.15) is 18.5 Å². The van der Waals surface area contributed by atoms with Crippen molar-refractivity contribution in [3.8, 4) is 5.75 Å². The summed E-state index contributed by atoms with van der Waals surface area (Å²) >= 11 is 0. The summed E-state index contributed by atoms with van der Waals surface area (Å²) in [4.78, 5) is 0. The molecule has 0 aromatic heterocycles. The third-order valence-corrected chi connectivity index (χ3v) is 2.61. The van der Waals surface area contributed by atoms with Crippen molar-refractivity contribution in [1.82, 2.24) is 5.32 Å². The molecular formula is C14H23NO2. The number of nitrogens with one attached hydrogen (secondary N) is 1. The van der Waals surface area contributed by atoms with Crippen molar-refractivity contribution in [2.45, 2.75) is 32.8 Å². The lowest BCUT2D eigenvalue weighted by atomic mass is 10.2. The number of ether oxygens (including phenoxy) is 1. The fraction of sp³-hybridized carbons (Fsp3) is 0.571. The van der Waals surface area contributed by atoms with Gasteiger partial charge in [0, 0.05) is 6.54 Å². The van der Waals surface area contributed by atoms with Crippen molar-refractivity contribution < 1.29 is 9.84 Å². The molecule has 1 atom stereocenters. The van der Waals surface area contributed by atoms with Crippen LogP contribution in [-0.4, -0.2) is 30.9 Å². The Bertz CT molecular complexity index is 315. The molecular weight excluding hydrogens is 214 g/mol. The molecule has 0 aliphatic rings. The molecule has 0 saturated carbocycles. The fourth-order valence-corrected chi connectivity index (χ4v) is 1.53. The first-order valence-electron chi connectivity index (χ1n) is 6.31. The Balaban J connectivity index is 2.19. The van der Waals surface area contributed by atoms with Gasteiger partial charge in [0.15, 0.2) is 0 Å². The van der Waals surface area contributed by atoms with Crippen LogP contribution in [0.1, 0.15) is 25.3 Å². The van der Waals surface area contributed by atoms with Crippen LogP contribution in [0.25, 0.3) is 0 Å². The molecule has 0 radical (unpaired) electrons. The largest absolute Gasteiger partial charge is 0.491 e. The Hall–Kier alpha value is -1.06. The predicted molar refractivity (Wildman–Crippen MR) is 70.5 cm³/mol. The fourth-order valence-electron chi connectivity index (χ4n) is 1.53. The van der Waals surface area contributed by atoms with Gasteiger partial charge in [-0.3, -0.25) is 0 Å². The van der Waals surface area contributed by atoms with E-state index in [1.54, 1.807) is 0 Å². The van der Waals surface area contributed by atoms with Crippen LogP contribution < -0.4 is 10.1 Å². The molecule has 3 heteroatoms. The van der Waals surface area contributed by atoms with Crippen molar-refractivity contribution in [2.75, 3.05) is 19.7 Å². The summed E-state index contributed by atoms with van der Waals surface area (Å²) in [5.74, 6) is 0.847. The number of hydrogen-bond donors (Lipinski definition) is 2. The van der Waals surface area contributed by atoms with Gasteiger partial charge in [-0.15, -0.1) is 0 Å². The van der Waals surface area contributed by atoms with Gasteiger partial charge in [-0.05, 0) is 31.5 Å². The van der Waals surface area contributed by atoms with Crippen LogP contribution in [-0.2, 0) is 0 Å². The van der Waals surface area contributed by atoms with Crippen molar-refractivity contribution in [3.63, 3.8) is 0 Å². The highest BCUT2D eigenvalue weighted by Crippen LogP contribution is 2.16. The van der Waals surface area contributed by atoms with E-state index in [1.165, 1.54) is 6.42 Å². The number of benzene rings is 1. The SMILES string of the molecule is CCCCNCC(O)COc1ccccc1C. The summed E-state index contributed by atoms with van der Waals surface area (Å²) in [6, 6.07) is 7.84. The lowest BCUT2D eigenvalue weighted by Gasteiger charge is -2.14. The topological polar surface area (TPSA) is 41.5 Å². The van der Waals surface area contributed by atoms with Crippen LogP contribution >= 0.6 is 0 Å². The quantitative estimate of drug-likeness (QED) is 0.681. The minimum Gasteiger partial charge on any atom is -0.491 e. The predicted octanol–water partition coefficient (Wildman–Crippen LogP) is 2.12. The zero-order chi connectivity index (χ0) is 12.5. The maximum absolute atomic E-state index is 9.71. The third kappa shape index (κ3) is 5.71. The summed E-state index contributed by atoms with van der Waals surface area (Å²) in [6.45, 7) is 6.04. The van der Waals surface area contributed by atoms with E-state index in [-0.39, 0.29) is 0 Å². The van der Waals surface area contributed by atoms with Gasteiger partial charge in [-0.1, -0.05) is 31.5 Å². The van der Waals surface area contributed by atoms with Crippen LogP contribution in [0.3, 0.4) is 0 Å². The molecule has 2 N–H and O–H groups in total. The average molecular weight is 237 g/mol. The van der Waals surface area contributed by atoms with E-state index in [4.69, 9.17) is 4.74 Å². The number of unbranched alkanes of at least 4 members (excludes halogenated alkanes) is 1. The summed E-state index contributed by atoms with van der Waals surface area (Å²) in [5, 5.41) is 12.9. The van der Waals surface area contributed by atoms with Crippen LogP contribution in [0.2, 0.25) is 0 Å². The summed E-state index contributed by atoms with van der Waals surface area (Å²) in [6.07, 6.45) is 1.86. The van der Waals surface area contributed by atoms with Crippen molar-refractivity contribution in [2.24, 2.45) is 0 Å². The monoisotopic (exact) mass is 237 g/mol. The molecule has 17 heavy (non-hydrogen) atoms. The van der Waals surface area contributed by atoms with Gasteiger partial charge in [-0.25, -0.2) is 0 Å². The summed E-state index contributed by atoms with van der Waals surface area (Å²) in [5.41, 5.74) is 1.10. The smallest absolute Gasteiger partial charge is 0.122 e. The number of hydrogen-bond acceptors (Lipinski definition) is 3. The molecule has 0 heterocycles. The Kier molecular flexibility index (Phi) is 6.67. The molecule has 0 spiro atoms. The van der Waals surface area contributed by atoms with Crippen LogP contribution in [0.4, 0.5) is 0 Å². The first-order valence-corrected chi connectivity index (χ1v) is 6.31. The van der Waals surface area contributed by atoms with Gasteiger partial charge >= 0.3 is 0 Å². The highest BCUT2D eigenvalue weighted by molar-refractivity contribution is 5.31. The number of aliphatic hydroxyl groups excluding tert-OH is 1. The maximum Gasteiger partial charge on any atom is 0.122 e. The number of aryl methyl sites for hydroxylation is 1. The Labute approximate surface area is 104 Å². The van der Waals surface area contributed by atoms with E-state index in [0.29, 0.717) is 13.2 Å². The van der Waals surface area contributed by atoms with Crippen LogP contribution in [0, 0.1) is 6.92 Å². The zero-order valence-electron chi connectivity index (χ0n) is 10.8. The van der Waals surface area contributed by atoms with Gasteiger partial charge in [0.2, 0.25) is 0 Å². The molecule has 0 bridgehead atoms. The molecule has 1 unspecified atom stereocenters. The van der Waals surface area contributed by atoms with Gasteiger partial charge in [-0.2, -0.15) is 0 Å². The Morgan fingerprint density at radius 2 is 2.12 bits per heavy atom. The minimum atomic E-state index is -0.452. The van der Waals surface area contributed by atoms with E-state index >= 15 is 0 Å². The minimum absolute atomic E-state index is 0.337. The molecule has 1 aromatic carbocycles. The molecule has 1 rings (SSSR count). The maximum atomic E-state index is 9.71. The lowest BCUT2D eigenvalue weighted by Crippen LogP contribution is -2.32. The van der Waals surface area contributed by atoms with Crippen molar-refractivity contribution in [3.05, 3.63) is 29.8 Å². The van der Waals surface area contributed by atoms with Gasteiger partial charge in [0.05, 0.1) is 0 Å². The van der Waals surface area contributed by atoms with Gasteiger partial charge < -0.3 is 15.2 Å². The molecule has 3 nitrogen and oxygen atoms in total. The van der Waals surface area contributed by atoms with Crippen LogP contribution in [0.5, 0.6) is 5.75 Å². The Morgan fingerprint density at radius 1 is 1.35 bits per heavy atom. The van der Waals surface area contributed by atoms with Crippen molar-refractivity contribution >= 4 is 0 Å². The molecule has 0 fully saturated rings. The molecule has 96 valence electrons. The molecule has 0 amide bonds. The zero-order valence-corrected chi connectivity index (χ0v) is 10.8. The van der Waals surface area contributed by atoms with E-state index in [2.05, 4.69) is 12.2 Å². The van der Waals surface area contributed by atoms with E-state index in [9.17, 15) is 5.11 Å². The lowest BCUT2D eigenvalue weighted by molar-refractivity contribution is 0.106. The normalized spacial score (nSPS) is 12.4. The highest BCUT2D eigenvalue weighted by atomic mass is 16.5. The molecule has 0 aliphatic heterocycles. The van der Waals surface area contributed by atoms with E-state index in [1.807, 2.05) is 31.2 Å². The molecule has 0 aliphatic carbocycles. The van der Waals surface area contributed by atoms with Crippen LogP contribution in [0.15, 0.2) is 24.3 Å². The summed E-state index contributed by atoms with van der Waals surface area (Å²) < 4.78 is 5.57. The standard InChI is InChI=1S/C14H23NO2/c1-3-4-9-15-10-13(16)11-17-14-8-6-5-7-12(14)2/h5-8,13,15-16H,3-4,9-11H2,1-2H3. The third-order valence-electron chi connectivity index (χ3n) is 2.61. The van der Waals surface area contributed by atoms with Crippen molar-refractivity contribution in [1.29, 1.82) is 0 Å². The van der Waals surface area contributed by atoms with E-state index in [0.717, 1.165) is 24.3 Å². The second kappa shape index (κ2) is 8.09. The average Bonchev–Trinajstić information content (AvgIpc) is 2.34. The highest BCUT2D eigenvalue weighted by Gasteiger charge is 2.05. The second-order valence-corrected chi connectivity index (χ2v) is 4.29. The second-order valence-electron chi connectivity index (χ2n) is 4.29. The number of aliphatic hydroxyl groups is 1. The molecule has 0 saturated heterocycles. The first kappa shape index (κ1) is 14.0.